The Morgan fingerprint density at radius 3 is 2.42 bits per heavy atom. The van der Waals surface area contributed by atoms with Gasteiger partial charge in [0, 0.05) is 12.6 Å². The molecule has 1 aromatic heterocycles. The van der Waals surface area contributed by atoms with Gasteiger partial charge in [-0.05, 0) is 23.8 Å². The molecule has 0 aliphatic heterocycles. The molecule has 3 rings (SSSR count). The van der Waals surface area contributed by atoms with Crippen LogP contribution in [0.5, 0.6) is 5.75 Å². The zero-order chi connectivity index (χ0) is 16.9. The predicted molar refractivity (Wildman–Crippen MR) is 92.9 cm³/mol. The fourth-order valence-corrected chi connectivity index (χ4v) is 2.42. The Kier molecular flexibility index (Phi) is 4.39. The van der Waals surface area contributed by atoms with E-state index >= 15 is 0 Å². The van der Waals surface area contributed by atoms with Gasteiger partial charge in [-0.1, -0.05) is 42.5 Å². The SMILES string of the molecule is COc1ccc(/C=C(\C#N)c2nnc(-c3ccccc3)n2C)cc1. The van der Waals surface area contributed by atoms with Gasteiger partial charge in [0.15, 0.2) is 11.6 Å². The summed E-state index contributed by atoms with van der Waals surface area (Å²) in [6.07, 6.45) is 1.79. The van der Waals surface area contributed by atoms with Gasteiger partial charge in [0.05, 0.1) is 12.7 Å². The molecule has 1 heterocycles. The highest BCUT2D eigenvalue weighted by atomic mass is 16.5. The van der Waals surface area contributed by atoms with Crippen LogP contribution in [0.4, 0.5) is 0 Å². The lowest BCUT2D eigenvalue weighted by Crippen LogP contribution is -1.98. The van der Waals surface area contributed by atoms with Gasteiger partial charge in [-0.15, -0.1) is 10.2 Å². The Balaban J connectivity index is 1.98. The highest BCUT2D eigenvalue weighted by molar-refractivity contribution is 5.87. The third-order valence-corrected chi connectivity index (χ3v) is 3.70. The molecule has 0 amide bonds. The van der Waals surface area contributed by atoms with Crippen LogP contribution in [-0.4, -0.2) is 21.9 Å². The van der Waals surface area contributed by atoms with Crippen LogP contribution in [-0.2, 0) is 7.05 Å². The van der Waals surface area contributed by atoms with Crippen LogP contribution in [0.25, 0.3) is 23.0 Å². The number of benzene rings is 2. The fourth-order valence-electron chi connectivity index (χ4n) is 2.42. The third-order valence-electron chi connectivity index (χ3n) is 3.70. The minimum Gasteiger partial charge on any atom is -0.497 e. The molecule has 2 aromatic carbocycles. The topological polar surface area (TPSA) is 63.7 Å². The van der Waals surface area contributed by atoms with E-state index in [1.807, 2.05) is 66.2 Å². The maximum Gasteiger partial charge on any atom is 0.174 e. The quantitative estimate of drug-likeness (QED) is 0.690. The second kappa shape index (κ2) is 6.80. The summed E-state index contributed by atoms with van der Waals surface area (Å²) in [6, 6.07) is 19.5. The van der Waals surface area contributed by atoms with E-state index in [1.54, 1.807) is 13.2 Å². The summed E-state index contributed by atoms with van der Waals surface area (Å²) in [7, 11) is 3.48. The molecule has 3 aromatic rings. The van der Waals surface area contributed by atoms with Crippen LogP contribution >= 0.6 is 0 Å². The molecule has 0 aliphatic rings. The summed E-state index contributed by atoms with van der Waals surface area (Å²) in [5.74, 6) is 2.03. The summed E-state index contributed by atoms with van der Waals surface area (Å²) in [5.41, 5.74) is 2.31. The molecule has 0 unspecified atom stereocenters. The number of nitriles is 1. The maximum atomic E-state index is 9.52. The Morgan fingerprint density at radius 2 is 1.79 bits per heavy atom. The smallest absolute Gasteiger partial charge is 0.174 e. The standard InChI is InChI=1S/C19H16N4O/c1-23-18(15-6-4-3-5-7-15)21-22-19(23)16(13-20)12-14-8-10-17(24-2)11-9-14/h3-12H,1-2H3/b16-12+. The Morgan fingerprint density at radius 1 is 1.08 bits per heavy atom. The van der Waals surface area contributed by atoms with Crippen LogP contribution in [0.15, 0.2) is 54.6 Å². The van der Waals surface area contributed by atoms with Crippen molar-refractivity contribution in [3.05, 3.63) is 66.0 Å². The third kappa shape index (κ3) is 3.03. The summed E-state index contributed by atoms with van der Waals surface area (Å²) in [6.45, 7) is 0. The zero-order valence-corrected chi connectivity index (χ0v) is 13.5. The highest BCUT2D eigenvalue weighted by Gasteiger charge is 2.14. The van der Waals surface area contributed by atoms with Gasteiger partial charge in [-0.3, -0.25) is 0 Å². The van der Waals surface area contributed by atoms with Gasteiger partial charge in [0.1, 0.15) is 11.8 Å². The first-order valence-electron chi connectivity index (χ1n) is 7.44. The molecule has 5 nitrogen and oxygen atoms in total. The first-order valence-corrected chi connectivity index (χ1v) is 7.44. The van der Waals surface area contributed by atoms with Crippen molar-refractivity contribution in [2.75, 3.05) is 7.11 Å². The van der Waals surface area contributed by atoms with Crippen molar-refractivity contribution in [3.63, 3.8) is 0 Å². The van der Waals surface area contributed by atoms with Gasteiger partial charge in [-0.25, -0.2) is 0 Å². The number of aromatic nitrogens is 3. The van der Waals surface area contributed by atoms with E-state index in [1.165, 1.54) is 0 Å². The highest BCUT2D eigenvalue weighted by Crippen LogP contribution is 2.22. The lowest BCUT2D eigenvalue weighted by molar-refractivity contribution is 0.415. The van der Waals surface area contributed by atoms with Gasteiger partial charge in [-0.2, -0.15) is 5.26 Å². The molecule has 118 valence electrons. The van der Waals surface area contributed by atoms with Crippen molar-refractivity contribution in [1.29, 1.82) is 5.26 Å². The Bertz CT molecular complexity index is 903. The van der Waals surface area contributed by atoms with Crippen molar-refractivity contribution in [1.82, 2.24) is 14.8 Å². The van der Waals surface area contributed by atoms with Crippen molar-refractivity contribution < 1.29 is 4.74 Å². The maximum absolute atomic E-state index is 9.52. The molecule has 5 heteroatoms. The molecule has 0 saturated heterocycles. The molecule has 0 fully saturated rings. The first kappa shape index (κ1) is 15.5. The lowest BCUT2D eigenvalue weighted by atomic mass is 10.1. The van der Waals surface area contributed by atoms with Crippen molar-refractivity contribution in [2.45, 2.75) is 0 Å². The van der Waals surface area contributed by atoms with E-state index in [2.05, 4.69) is 16.3 Å². The molecule has 0 saturated carbocycles. The average molecular weight is 316 g/mol. The predicted octanol–water partition coefficient (Wildman–Crippen LogP) is 3.55. The molecule has 0 atom stereocenters. The lowest BCUT2D eigenvalue weighted by Gasteiger charge is -2.04. The van der Waals surface area contributed by atoms with Crippen molar-refractivity contribution >= 4 is 11.6 Å². The molecule has 0 spiro atoms. The minimum absolute atomic E-state index is 0.456. The van der Waals surface area contributed by atoms with Crippen LogP contribution < -0.4 is 4.74 Å². The van der Waals surface area contributed by atoms with Gasteiger partial charge < -0.3 is 9.30 Å². The summed E-state index contributed by atoms with van der Waals surface area (Å²) in [4.78, 5) is 0. The number of nitrogens with zero attached hydrogens (tertiary/aromatic N) is 4. The molecule has 0 aliphatic carbocycles. The largest absolute Gasteiger partial charge is 0.497 e. The van der Waals surface area contributed by atoms with Crippen molar-refractivity contribution in [3.8, 4) is 23.2 Å². The molecular formula is C19H16N4O. The number of ether oxygens (including phenoxy) is 1. The van der Waals surface area contributed by atoms with E-state index in [-0.39, 0.29) is 0 Å². The number of hydrogen-bond acceptors (Lipinski definition) is 4. The summed E-state index contributed by atoms with van der Waals surface area (Å²) in [5, 5.41) is 17.9. The van der Waals surface area contributed by atoms with Crippen LogP contribution in [0.1, 0.15) is 11.4 Å². The minimum atomic E-state index is 0.456. The molecule has 0 bridgehead atoms. The fraction of sp³-hybridized carbons (Fsp3) is 0.105. The van der Waals surface area contributed by atoms with Gasteiger partial charge >= 0.3 is 0 Å². The number of hydrogen-bond donors (Lipinski definition) is 0. The van der Waals surface area contributed by atoms with Crippen molar-refractivity contribution in [2.24, 2.45) is 7.05 Å². The van der Waals surface area contributed by atoms with Gasteiger partial charge in [0.2, 0.25) is 0 Å². The monoisotopic (exact) mass is 316 g/mol. The second-order valence-corrected chi connectivity index (χ2v) is 5.22. The van der Waals surface area contributed by atoms with Crippen LogP contribution in [0.2, 0.25) is 0 Å². The van der Waals surface area contributed by atoms with E-state index in [4.69, 9.17) is 4.74 Å². The van der Waals surface area contributed by atoms with Crippen LogP contribution in [0.3, 0.4) is 0 Å². The Labute approximate surface area is 140 Å². The first-order chi connectivity index (χ1) is 11.7. The average Bonchev–Trinajstić information content (AvgIpc) is 3.02. The van der Waals surface area contributed by atoms with E-state index < -0.39 is 0 Å². The van der Waals surface area contributed by atoms with Crippen LogP contribution in [0, 0.1) is 11.3 Å². The molecular weight excluding hydrogens is 300 g/mol. The molecule has 24 heavy (non-hydrogen) atoms. The Hall–Kier alpha value is -3.39. The molecule has 0 radical (unpaired) electrons. The molecule has 0 N–H and O–H groups in total. The number of methoxy groups -OCH3 is 1. The second-order valence-electron chi connectivity index (χ2n) is 5.22. The summed E-state index contributed by atoms with van der Waals surface area (Å²) >= 11 is 0. The normalized spacial score (nSPS) is 11.1. The number of rotatable bonds is 4. The van der Waals surface area contributed by atoms with Gasteiger partial charge in [0.25, 0.3) is 0 Å². The summed E-state index contributed by atoms with van der Waals surface area (Å²) < 4.78 is 6.97. The van der Waals surface area contributed by atoms with E-state index in [9.17, 15) is 5.26 Å². The number of allylic oxidation sites excluding steroid dienone is 1. The van der Waals surface area contributed by atoms with E-state index in [0.29, 0.717) is 11.4 Å². The zero-order valence-electron chi connectivity index (χ0n) is 13.5. The van der Waals surface area contributed by atoms with E-state index in [0.717, 1.165) is 22.7 Å².